The maximum atomic E-state index is 11.8. The molecule has 19 heavy (non-hydrogen) atoms. The molecule has 1 aromatic carbocycles. The van der Waals surface area contributed by atoms with Gasteiger partial charge in [0.1, 0.15) is 0 Å². The highest BCUT2D eigenvalue weighted by Gasteiger charge is 2.20. The number of carbonyl (C=O) groups excluding carboxylic acids is 1. The summed E-state index contributed by atoms with van der Waals surface area (Å²) >= 11 is 0. The molecule has 1 unspecified atom stereocenters. The summed E-state index contributed by atoms with van der Waals surface area (Å²) in [5, 5.41) is 0. The van der Waals surface area contributed by atoms with Crippen molar-refractivity contribution < 1.29 is 23.5 Å². The Morgan fingerprint density at radius 1 is 1.21 bits per heavy atom. The van der Waals surface area contributed by atoms with Crippen LogP contribution in [0.15, 0.2) is 12.1 Å². The number of rotatable bonds is 6. The van der Waals surface area contributed by atoms with Crippen molar-refractivity contribution in [2.24, 2.45) is 0 Å². The molecule has 0 amide bonds. The molecule has 0 N–H and O–H groups in total. The zero-order valence-corrected chi connectivity index (χ0v) is 12.2. The van der Waals surface area contributed by atoms with Gasteiger partial charge in [0.15, 0.2) is 5.75 Å². The summed E-state index contributed by atoms with van der Waals surface area (Å²) < 4.78 is 20.4. The molecule has 0 heterocycles. The number of benzene rings is 1. The minimum Gasteiger partial charge on any atom is -0.558 e. The molecule has 5 nitrogen and oxygen atoms in total. The largest absolute Gasteiger partial charge is 0.558 e. The van der Waals surface area contributed by atoms with E-state index in [0.717, 1.165) is 11.1 Å². The van der Waals surface area contributed by atoms with E-state index >= 15 is 0 Å². The number of carbonyl (C=O) groups is 1. The second-order valence-corrected chi connectivity index (χ2v) is 4.44. The average Bonchev–Trinajstić information content (AvgIpc) is 2.37. The lowest BCUT2D eigenvalue weighted by Gasteiger charge is -2.13. The van der Waals surface area contributed by atoms with Gasteiger partial charge in [0.2, 0.25) is 0 Å². The fourth-order valence-electron chi connectivity index (χ4n) is 2.03. The van der Waals surface area contributed by atoms with Gasteiger partial charge in [-0.3, -0.25) is 4.52 Å². The molecule has 1 aromatic rings. The van der Waals surface area contributed by atoms with Crippen molar-refractivity contribution in [2.45, 2.75) is 33.6 Å². The Morgan fingerprint density at radius 3 is 2.32 bits per heavy atom. The van der Waals surface area contributed by atoms with Gasteiger partial charge in [0.25, 0.3) is 0 Å². The lowest BCUT2D eigenvalue weighted by molar-refractivity contribution is -0.178. The third kappa shape index (κ3) is 3.75. The Labute approximate surface area is 113 Å². The van der Waals surface area contributed by atoms with Crippen LogP contribution in [0.25, 0.3) is 0 Å². The van der Waals surface area contributed by atoms with Crippen LogP contribution < -0.4 is 9.42 Å². The fraction of sp³-hybridized carbons (Fsp3) is 0.462. The molecular weight excluding hydrogens is 267 g/mol. The summed E-state index contributed by atoms with van der Waals surface area (Å²) in [4.78, 5) is 22.5. The van der Waals surface area contributed by atoms with E-state index in [-0.39, 0.29) is 5.75 Å². The summed E-state index contributed by atoms with van der Waals surface area (Å²) in [5.74, 6) is -0.115. The normalized spacial score (nSPS) is 11.1. The Morgan fingerprint density at radius 2 is 1.84 bits per heavy atom. The highest BCUT2D eigenvalue weighted by Crippen LogP contribution is 2.31. The Balaban J connectivity index is 3.29. The molecule has 0 saturated heterocycles. The number of esters is 1. The molecule has 0 aliphatic rings. The summed E-state index contributed by atoms with van der Waals surface area (Å²) in [6, 6.07) is 3.04. The summed E-state index contributed by atoms with van der Waals surface area (Å²) in [7, 11) is -2.96. The van der Waals surface area contributed by atoms with Crippen LogP contribution in [0.3, 0.4) is 0 Å². The first kappa shape index (κ1) is 15.6. The molecule has 6 heteroatoms. The first-order valence-electron chi connectivity index (χ1n) is 6.19. The zero-order chi connectivity index (χ0) is 14.4. The maximum Gasteiger partial charge on any atom is 0.539 e. The van der Waals surface area contributed by atoms with Crippen molar-refractivity contribution in [1.29, 1.82) is 0 Å². The highest BCUT2D eigenvalue weighted by molar-refractivity contribution is 7.31. The number of hydrogen-bond donors (Lipinski definition) is 0. The number of hydrogen-bond acceptors (Lipinski definition) is 5. The van der Waals surface area contributed by atoms with Gasteiger partial charge >= 0.3 is 14.2 Å². The molecule has 0 spiro atoms. The molecular formula is C13H17O5P. The lowest BCUT2D eigenvalue weighted by Crippen LogP contribution is -2.10. The van der Waals surface area contributed by atoms with Crippen molar-refractivity contribution in [3.63, 3.8) is 0 Å². The maximum absolute atomic E-state index is 11.8. The van der Waals surface area contributed by atoms with E-state index in [2.05, 4.69) is 0 Å². The van der Waals surface area contributed by atoms with Crippen LogP contribution in [0.4, 0.5) is 0 Å². The Kier molecular flexibility index (Phi) is 5.93. The van der Waals surface area contributed by atoms with Crippen LogP contribution in [0.2, 0.25) is 0 Å². The second kappa shape index (κ2) is 7.22. The van der Waals surface area contributed by atoms with Gasteiger partial charge < -0.3 is 9.63 Å². The molecule has 0 aliphatic carbocycles. The van der Waals surface area contributed by atoms with Crippen LogP contribution in [0.1, 0.15) is 42.3 Å². The monoisotopic (exact) mass is 284 g/mol. The third-order valence-corrected chi connectivity index (χ3v) is 3.11. The minimum absolute atomic E-state index is 0.281. The molecule has 0 aliphatic heterocycles. The average molecular weight is 284 g/mol. The summed E-state index contributed by atoms with van der Waals surface area (Å²) in [6.45, 7) is 5.82. The molecule has 0 fully saturated rings. The Bertz CT molecular complexity index is 484. The predicted molar refractivity (Wildman–Crippen MR) is 69.4 cm³/mol. The first-order chi connectivity index (χ1) is 9.04. The van der Waals surface area contributed by atoms with Gasteiger partial charge in [-0.2, -0.15) is 0 Å². The van der Waals surface area contributed by atoms with Crippen LogP contribution in [0.5, 0.6) is 5.75 Å². The van der Waals surface area contributed by atoms with Gasteiger partial charge in [-0.05, 0) is 42.0 Å². The van der Waals surface area contributed by atoms with Crippen LogP contribution in [0, 0.1) is 0 Å². The van der Waals surface area contributed by atoms with Crippen LogP contribution in [-0.4, -0.2) is 12.6 Å². The third-order valence-electron chi connectivity index (χ3n) is 2.76. The van der Waals surface area contributed by atoms with E-state index in [1.54, 1.807) is 13.0 Å². The van der Waals surface area contributed by atoms with E-state index in [1.165, 1.54) is 6.07 Å². The van der Waals surface area contributed by atoms with Gasteiger partial charge in [0, 0.05) is 5.56 Å². The standard InChI is InChI=1S/C13H17O5P/c1-4-9-10(5-2)12(18-19(15)16)8-7-11(9)13(14)17-6-3/h7-8H,4-6H2,1-3H3. The van der Waals surface area contributed by atoms with Crippen LogP contribution in [-0.2, 0) is 22.1 Å². The molecule has 0 bridgehead atoms. The highest BCUT2D eigenvalue weighted by atomic mass is 31.1. The first-order valence-corrected chi connectivity index (χ1v) is 7.28. The predicted octanol–water partition coefficient (Wildman–Crippen LogP) is 2.38. The van der Waals surface area contributed by atoms with Gasteiger partial charge in [-0.15, -0.1) is 0 Å². The summed E-state index contributed by atoms with van der Waals surface area (Å²) in [6.07, 6.45) is 1.18. The molecule has 0 saturated carbocycles. The fourth-order valence-corrected chi connectivity index (χ4v) is 2.36. The summed E-state index contributed by atoms with van der Waals surface area (Å²) in [5.41, 5.74) is 1.97. The van der Waals surface area contributed by atoms with Gasteiger partial charge in [-0.1, -0.05) is 13.8 Å². The topological polar surface area (TPSA) is 75.7 Å². The second-order valence-electron chi connectivity index (χ2n) is 3.81. The lowest BCUT2D eigenvalue weighted by atomic mass is 9.96. The molecule has 104 valence electrons. The molecule has 1 atom stereocenters. The smallest absolute Gasteiger partial charge is 0.539 e. The minimum atomic E-state index is -2.96. The van der Waals surface area contributed by atoms with Crippen molar-refractivity contribution in [1.82, 2.24) is 0 Å². The Hall–Kier alpha value is -1.45. The van der Waals surface area contributed by atoms with E-state index < -0.39 is 14.2 Å². The zero-order valence-electron chi connectivity index (χ0n) is 11.3. The van der Waals surface area contributed by atoms with Crippen molar-refractivity contribution in [2.75, 3.05) is 6.61 Å². The number of ether oxygens (including phenoxy) is 1. The van der Waals surface area contributed by atoms with E-state index in [4.69, 9.17) is 9.26 Å². The van der Waals surface area contributed by atoms with Gasteiger partial charge in [0.05, 0.1) is 12.2 Å². The van der Waals surface area contributed by atoms with E-state index in [1.807, 2.05) is 13.8 Å². The van der Waals surface area contributed by atoms with Crippen molar-refractivity contribution in [3.05, 3.63) is 28.8 Å². The molecule has 0 aromatic heterocycles. The van der Waals surface area contributed by atoms with E-state index in [0.29, 0.717) is 25.0 Å². The molecule has 1 rings (SSSR count). The van der Waals surface area contributed by atoms with Crippen molar-refractivity contribution in [3.8, 4) is 5.75 Å². The quantitative estimate of drug-likeness (QED) is 0.592. The van der Waals surface area contributed by atoms with Crippen molar-refractivity contribution >= 4 is 14.2 Å². The van der Waals surface area contributed by atoms with Crippen LogP contribution >= 0.6 is 8.25 Å². The van der Waals surface area contributed by atoms with E-state index in [9.17, 15) is 14.3 Å². The van der Waals surface area contributed by atoms with Gasteiger partial charge in [-0.25, -0.2) is 4.79 Å². The SMILES string of the molecule is CCOC(=O)c1ccc(O[P+](=O)[O-])c(CC)c1CC. The molecule has 0 radical (unpaired) electrons.